The van der Waals surface area contributed by atoms with Crippen molar-refractivity contribution in [1.82, 2.24) is 10.3 Å². The largest absolute Gasteiger partial charge is 0.243 e. The minimum absolute atomic E-state index is 0.113. The summed E-state index contributed by atoms with van der Waals surface area (Å²) in [6.07, 6.45) is 0. The summed E-state index contributed by atoms with van der Waals surface area (Å²) >= 11 is 0. The summed E-state index contributed by atoms with van der Waals surface area (Å²) in [6, 6.07) is 1.63. The topological polar surface area (TPSA) is 111 Å². The Morgan fingerprint density at radius 2 is 2.50 bits per heavy atom. The van der Waals surface area contributed by atoms with Gasteiger partial charge in [0.25, 0.3) is 0 Å². The average molecular weight is 136 g/mol. The van der Waals surface area contributed by atoms with Gasteiger partial charge in [-0.2, -0.15) is 5.26 Å². The van der Waals surface area contributed by atoms with Crippen LogP contribution in [0.25, 0.3) is 10.4 Å². The van der Waals surface area contributed by atoms with Crippen LogP contribution in [-0.4, -0.2) is 10.3 Å². The number of hydrogen-bond donors (Lipinski definition) is 0. The van der Waals surface area contributed by atoms with Crippen LogP contribution in [0, 0.1) is 11.3 Å². The maximum atomic E-state index is 8.24. The zero-order valence-corrected chi connectivity index (χ0v) is 4.59. The van der Waals surface area contributed by atoms with Gasteiger partial charge >= 0.3 is 0 Å². The minimum atomic E-state index is -0.134. The van der Waals surface area contributed by atoms with E-state index < -0.39 is 0 Å². The van der Waals surface area contributed by atoms with Crippen LogP contribution in [0.5, 0.6) is 0 Å². The van der Waals surface area contributed by atoms with Gasteiger partial charge in [-0.15, -0.1) is 0 Å². The number of aromatic nitrogens is 2. The lowest BCUT2D eigenvalue weighted by atomic mass is 10.5. The zero-order valence-electron chi connectivity index (χ0n) is 4.59. The van der Waals surface area contributed by atoms with Gasteiger partial charge in [-0.25, -0.2) is 4.63 Å². The Bertz CT molecular complexity index is 314. The van der Waals surface area contributed by atoms with E-state index in [0.717, 1.165) is 0 Å². The monoisotopic (exact) mass is 136 g/mol. The highest BCUT2D eigenvalue weighted by Gasteiger charge is 2.04. The van der Waals surface area contributed by atoms with Crippen molar-refractivity contribution in [1.29, 1.82) is 5.26 Å². The Kier molecular flexibility index (Phi) is 1.50. The van der Waals surface area contributed by atoms with Crippen LogP contribution >= 0.6 is 0 Å². The van der Waals surface area contributed by atoms with Crippen molar-refractivity contribution in [2.75, 3.05) is 0 Å². The molecule has 0 spiro atoms. The third-order valence-electron chi connectivity index (χ3n) is 0.717. The van der Waals surface area contributed by atoms with Crippen molar-refractivity contribution >= 4 is 5.82 Å². The van der Waals surface area contributed by atoms with Gasteiger partial charge in [0.1, 0.15) is 6.07 Å². The van der Waals surface area contributed by atoms with Crippen molar-refractivity contribution in [3.8, 4) is 6.07 Å². The molecule has 1 heterocycles. The summed E-state index contributed by atoms with van der Waals surface area (Å²) in [7, 11) is 0. The van der Waals surface area contributed by atoms with E-state index in [1.54, 1.807) is 6.07 Å². The normalized spacial score (nSPS) is 7.90. The third-order valence-corrected chi connectivity index (χ3v) is 0.717. The fourth-order valence-electron chi connectivity index (χ4n) is 0.362. The standard InChI is InChI=1S/C3N6O/c4-1-2-3(6-9-5)8-10-7-2. The highest BCUT2D eigenvalue weighted by molar-refractivity contribution is 5.39. The highest BCUT2D eigenvalue weighted by Crippen LogP contribution is 2.10. The summed E-state index contributed by atoms with van der Waals surface area (Å²) in [5.41, 5.74) is 7.78. The molecular weight excluding hydrogens is 136 g/mol. The molecule has 0 N–H and O–H groups in total. The Morgan fingerprint density at radius 1 is 1.70 bits per heavy atom. The molecule has 0 radical (unpaired) electrons. The lowest BCUT2D eigenvalue weighted by molar-refractivity contribution is 0.307. The van der Waals surface area contributed by atoms with E-state index in [-0.39, 0.29) is 11.5 Å². The number of azide groups is 1. The van der Waals surface area contributed by atoms with Gasteiger partial charge in [-0.3, -0.25) is 0 Å². The van der Waals surface area contributed by atoms with Gasteiger partial charge in [-0.1, -0.05) is 0 Å². The van der Waals surface area contributed by atoms with E-state index in [9.17, 15) is 0 Å². The molecule has 10 heavy (non-hydrogen) atoms. The molecule has 1 aromatic rings. The molecule has 1 rings (SSSR count). The second-order valence-corrected chi connectivity index (χ2v) is 1.24. The van der Waals surface area contributed by atoms with Gasteiger partial charge in [0.2, 0.25) is 11.5 Å². The van der Waals surface area contributed by atoms with Crippen LogP contribution in [0.3, 0.4) is 0 Å². The van der Waals surface area contributed by atoms with Crippen LogP contribution in [0.15, 0.2) is 9.74 Å². The molecule has 0 amide bonds. The van der Waals surface area contributed by atoms with Crippen LogP contribution in [0.1, 0.15) is 5.69 Å². The maximum Gasteiger partial charge on any atom is 0.214 e. The number of hydrogen-bond acceptors (Lipinski definition) is 5. The van der Waals surface area contributed by atoms with Crippen molar-refractivity contribution in [3.05, 3.63) is 16.1 Å². The molecule has 7 nitrogen and oxygen atoms in total. The zero-order chi connectivity index (χ0) is 7.40. The van der Waals surface area contributed by atoms with Crippen LogP contribution < -0.4 is 0 Å². The van der Waals surface area contributed by atoms with Gasteiger partial charge in [-0.05, 0) is 21.0 Å². The smallest absolute Gasteiger partial charge is 0.214 e. The number of nitriles is 1. The second kappa shape index (κ2) is 2.48. The molecular formula is C3N6O. The lowest BCUT2D eigenvalue weighted by Gasteiger charge is -1.70. The molecule has 0 saturated carbocycles. The molecule has 7 heteroatoms. The first-order valence-corrected chi connectivity index (χ1v) is 2.16. The van der Waals surface area contributed by atoms with Crippen molar-refractivity contribution in [2.24, 2.45) is 5.11 Å². The molecule has 0 aliphatic heterocycles. The molecule has 48 valence electrons. The first-order chi connectivity index (χ1) is 4.88. The van der Waals surface area contributed by atoms with Gasteiger partial charge in [0.05, 0.1) is 0 Å². The van der Waals surface area contributed by atoms with Gasteiger partial charge < -0.3 is 0 Å². The molecule has 0 saturated heterocycles. The van der Waals surface area contributed by atoms with E-state index in [1.165, 1.54) is 0 Å². The highest BCUT2D eigenvalue weighted by atomic mass is 16.6. The minimum Gasteiger partial charge on any atom is -0.243 e. The number of rotatable bonds is 1. The third kappa shape index (κ3) is 0.866. The first kappa shape index (κ1) is 6.07. The van der Waals surface area contributed by atoms with Gasteiger partial charge in [0.15, 0.2) is 0 Å². The van der Waals surface area contributed by atoms with E-state index in [4.69, 9.17) is 10.8 Å². The summed E-state index contributed by atoms with van der Waals surface area (Å²) in [4.78, 5) is 2.40. The van der Waals surface area contributed by atoms with Crippen LogP contribution in [-0.2, 0) is 0 Å². The summed E-state index contributed by atoms with van der Waals surface area (Å²) in [6.45, 7) is 0. The first-order valence-electron chi connectivity index (χ1n) is 2.16. The van der Waals surface area contributed by atoms with E-state index in [1.807, 2.05) is 0 Å². The van der Waals surface area contributed by atoms with Gasteiger partial charge in [0, 0.05) is 4.91 Å². The summed E-state index contributed by atoms with van der Waals surface area (Å²) < 4.78 is 4.10. The molecule has 0 unspecified atom stereocenters. The average Bonchev–Trinajstić information content (AvgIpc) is 2.36. The molecule has 0 fully saturated rings. The Hall–Kier alpha value is -2.06. The van der Waals surface area contributed by atoms with E-state index >= 15 is 0 Å². The summed E-state index contributed by atoms with van der Waals surface area (Å²) in [5, 5.41) is 17.6. The Balaban J connectivity index is 3.16. The number of nitrogens with zero attached hydrogens (tertiary/aromatic N) is 6. The molecule has 0 bridgehead atoms. The SMILES string of the molecule is N#Cc1nonc1N=[N+]=[N-]. The van der Waals surface area contributed by atoms with E-state index in [0.29, 0.717) is 0 Å². The van der Waals surface area contributed by atoms with Crippen LogP contribution in [0.4, 0.5) is 5.82 Å². The van der Waals surface area contributed by atoms with Crippen molar-refractivity contribution in [3.63, 3.8) is 0 Å². The molecule has 0 aliphatic rings. The van der Waals surface area contributed by atoms with Crippen molar-refractivity contribution < 1.29 is 4.63 Å². The Labute approximate surface area is 54.5 Å². The molecule has 0 aliphatic carbocycles. The Morgan fingerprint density at radius 3 is 3.10 bits per heavy atom. The second-order valence-electron chi connectivity index (χ2n) is 1.24. The molecule has 0 atom stereocenters. The summed E-state index contributed by atoms with van der Waals surface area (Å²) in [5.74, 6) is -0.134. The molecule has 0 aromatic carbocycles. The fraction of sp³-hybridized carbons (Fsp3) is 0. The fourth-order valence-corrected chi connectivity index (χ4v) is 0.362. The maximum absolute atomic E-state index is 8.24. The predicted octanol–water partition coefficient (Wildman–Crippen LogP) is 0.883. The lowest BCUT2D eigenvalue weighted by Crippen LogP contribution is -1.69. The quantitative estimate of drug-likeness (QED) is 0.324. The van der Waals surface area contributed by atoms with Crippen LogP contribution in [0.2, 0.25) is 0 Å². The molecule has 1 aromatic heterocycles. The van der Waals surface area contributed by atoms with Crippen molar-refractivity contribution in [2.45, 2.75) is 0 Å². The predicted molar refractivity (Wildman–Crippen MR) is 27.8 cm³/mol. The van der Waals surface area contributed by atoms with E-state index in [2.05, 4.69) is 25.0 Å².